The summed E-state index contributed by atoms with van der Waals surface area (Å²) in [5, 5.41) is 6.91. The highest BCUT2D eigenvalue weighted by Crippen LogP contribution is 2.21. The van der Waals surface area contributed by atoms with Gasteiger partial charge < -0.3 is 0 Å². The van der Waals surface area contributed by atoms with Gasteiger partial charge >= 0.3 is 0 Å². The molecule has 0 amide bonds. The summed E-state index contributed by atoms with van der Waals surface area (Å²) in [7, 11) is 0. The van der Waals surface area contributed by atoms with Crippen LogP contribution in [0.25, 0.3) is 11.3 Å². The quantitative estimate of drug-likeness (QED) is 0.731. The summed E-state index contributed by atoms with van der Waals surface area (Å²) >= 11 is 0. The number of rotatable bonds is 2. The smallest absolute Gasteiger partial charge is 0.154 e. The minimum Gasteiger partial charge on any atom is -0.298 e. The van der Waals surface area contributed by atoms with Gasteiger partial charge in [-0.15, -0.1) is 0 Å². The average Bonchev–Trinajstić information content (AvgIpc) is 2.61. The molecule has 1 aromatic carbocycles. The molecule has 14 heavy (non-hydrogen) atoms. The Morgan fingerprint density at radius 2 is 2.00 bits per heavy atom. The molecule has 0 atom stereocenters. The molecule has 1 heterocycles. The molecule has 2 rings (SSSR count). The van der Waals surface area contributed by atoms with Crippen molar-refractivity contribution >= 4 is 6.29 Å². The molecule has 3 nitrogen and oxygen atoms in total. The van der Waals surface area contributed by atoms with Crippen LogP contribution in [0.4, 0.5) is 0 Å². The molecule has 0 saturated heterocycles. The van der Waals surface area contributed by atoms with Gasteiger partial charge in [0.2, 0.25) is 0 Å². The van der Waals surface area contributed by atoms with Crippen molar-refractivity contribution in [2.45, 2.75) is 6.92 Å². The Morgan fingerprint density at radius 1 is 1.29 bits per heavy atom. The number of nitrogens with zero attached hydrogens (tertiary/aromatic N) is 1. The molecule has 0 radical (unpaired) electrons. The van der Waals surface area contributed by atoms with E-state index in [1.54, 1.807) is 0 Å². The number of aromatic amines is 1. The van der Waals surface area contributed by atoms with Gasteiger partial charge in [-0.05, 0) is 6.92 Å². The van der Waals surface area contributed by atoms with E-state index in [0.29, 0.717) is 5.56 Å². The van der Waals surface area contributed by atoms with Gasteiger partial charge in [-0.25, -0.2) is 0 Å². The third-order valence-corrected chi connectivity index (χ3v) is 2.16. The second kappa shape index (κ2) is 3.46. The fraction of sp³-hybridized carbons (Fsp3) is 0.0909. The monoisotopic (exact) mass is 186 g/mol. The van der Waals surface area contributed by atoms with E-state index in [2.05, 4.69) is 10.2 Å². The van der Waals surface area contributed by atoms with E-state index in [0.717, 1.165) is 23.2 Å². The van der Waals surface area contributed by atoms with E-state index < -0.39 is 0 Å². The number of hydrogen-bond acceptors (Lipinski definition) is 2. The Balaban J connectivity index is 2.57. The van der Waals surface area contributed by atoms with Crippen LogP contribution < -0.4 is 0 Å². The molecule has 0 saturated carbocycles. The van der Waals surface area contributed by atoms with Crippen LogP contribution >= 0.6 is 0 Å². The number of nitrogens with one attached hydrogen (secondary N) is 1. The van der Waals surface area contributed by atoms with Gasteiger partial charge in [0.25, 0.3) is 0 Å². The number of H-pyrrole nitrogens is 1. The lowest BCUT2D eigenvalue weighted by atomic mass is 10.1. The van der Waals surface area contributed by atoms with E-state index >= 15 is 0 Å². The van der Waals surface area contributed by atoms with E-state index in [4.69, 9.17) is 0 Å². The molecule has 70 valence electrons. The molecule has 0 aliphatic carbocycles. The van der Waals surface area contributed by atoms with Crippen molar-refractivity contribution in [1.29, 1.82) is 0 Å². The highest BCUT2D eigenvalue weighted by molar-refractivity contribution is 5.86. The van der Waals surface area contributed by atoms with Gasteiger partial charge in [0.05, 0.1) is 5.56 Å². The van der Waals surface area contributed by atoms with Gasteiger partial charge in [0, 0.05) is 11.3 Å². The topological polar surface area (TPSA) is 45.8 Å². The first kappa shape index (κ1) is 8.69. The van der Waals surface area contributed by atoms with Crippen LogP contribution in [0.5, 0.6) is 0 Å². The van der Waals surface area contributed by atoms with Crippen LogP contribution in [0.2, 0.25) is 0 Å². The van der Waals surface area contributed by atoms with Gasteiger partial charge in [0.15, 0.2) is 6.29 Å². The van der Waals surface area contributed by atoms with Gasteiger partial charge in [0.1, 0.15) is 5.69 Å². The third kappa shape index (κ3) is 1.33. The number of benzene rings is 1. The first-order valence-corrected chi connectivity index (χ1v) is 4.38. The van der Waals surface area contributed by atoms with Gasteiger partial charge in [-0.1, -0.05) is 30.3 Å². The Hall–Kier alpha value is -1.90. The maximum absolute atomic E-state index is 10.8. The van der Waals surface area contributed by atoms with Crippen LogP contribution in [-0.4, -0.2) is 16.5 Å². The zero-order valence-corrected chi connectivity index (χ0v) is 7.82. The lowest BCUT2D eigenvalue weighted by molar-refractivity contribution is 0.112. The Morgan fingerprint density at radius 3 is 2.64 bits per heavy atom. The molecule has 0 bridgehead atoms. The standard InChI is InChI=1S/C11H10N2O/c1-8-10(7-14)11(13-12-8)9-5-3-2-4-6-9/h2-7H,1H3,(H,12,13). The van der Waals surface area contributed by atoms with Crippen molar-refractivity contribution in [3.63, 3.8) is 0 Å². The number of carbonyl (C=O) groups is 1. The van der Waals surface area contributed by atoms with Crippen molar-refractivity contribution in [1.82, 2.24) is 10.2 Å². The Kier molecular flexibility index (Phi) is 2.14. The molecule has 0 fully saturated rings. The molecular formula is C11H10N2O. The highest BCUT2D eigenvalue weighted by atomic mass is 16.1. The van der Waals surface area contributed by atoms with Crippen molar-refractivity contribution in [3.8, 4) is 11.3 Å². The molecule has 0 unspecified atom stereocenters. The molecule has 1 N–H and O–H groups in total. The fourth-order valence-electron chi connectivity index (χ4n) is 1.40. The predicted molar refractivity (Wildman–Crippen MR) is 54.1 cm³/mol. The molecule has 0 spiro atoms. The molecule has 2 aromatic rings. The SMILES string of the molecule is Cc1[nH]nc(-c2ccccc2)c1C=O. The predicted octanol–water partition coefficient (Wildman–Crippen LogP) is 2.20. The Bertz CT molecular complexity index is 446. The van der Waals surface area contributed by atoms with Crippen molar-refractivity contribution in [2.24, 2.45) is 0 Å². The van der Waals surface area contributed by atoms with E-state index in [-0.39, 0.29) is 0 Å². The second-order valence-corrected chi connectivity index (χ2v) is 3.09. The lowest BCUT2D eigenvalue weighted by Gasteiger charge is -1.96. The number of carbonyl (C=O) groups excluding carboxylic acids is 1. The number of hydrogen-bond donors (Lipinski definition) is 1. The molecule has 0 aliphatic rings. The fourth-order valence-corrected chi connectivity index (χ4v) is 1.40. The van der Waals surface area contributed by atoms with Gasteiger partial charge in [-0.2, -0.15) is 5.10 Å². The van der Waals surface area contributed by atoms with Crippen LogP contribution in [0.3, 0.4) is 0 Å². The third-order valence-electron chi connectivity index (χ3n) is 2.16. The van der Waals surface area contributed by atoms with E-state index in [1.807, 2.05) is 37.3 Å². The number of aldehydes is 1. The summed E-state index contributed by atoms with van der Waals surface area (Å²) in [5.41, 5.74) is 3.12. The van der Waals surface area contributed by atoms with E-state index in [1.165, 1.54) is 0 Å². The van der Waals surface area contributed by atoms with Crippen molar-refractivity contribution < 1.29 is 4.79 Å². The molecule has 0 aliphatic heterocycles. The second-order valence-electron chi connectivity index (χ2n) is 3.09. The molecule has 1 aromatic heterocycles. The summed E-state index contributed by atoms with van der Waals surface area (Å²) in [4.78, 5) is 10.8. The number of aromatic nitrogens is 2. The first-order valence-electron chi connectivity index (χ1n) is 4.38. The van der Waals surface area contributed by atoms with Crippen LogP contribution in [0, 0.1) is 6.92 Å². The zero-order valence-electron chi connectivity index (χ0n) is 7.82. The summed E-state index contributed by atoms with van der Waals surface area (Å²) in [6.45, 7) is 1.84. The summed E-state index contributed by atoms with van der Waals surface area (Å²) in [6.07, 6.45) is 0.834. The Labute approximate surface area is 81.8 Å². The maximum atomic E-state index is 10.8. The number of aryl methyl sites for hydroxylation is 1. The average molecular weight is 186 g/mol. The first-order chi connectivity index (χ1) is 6.83. The van der Waals surface area contributed by atoms with Crippen LogP contribution in [0.1, 0.15) is 16.1 Å². The zero-order chi connectivity index (χ0) is 9.97. The molecule has 3 heteroatoms. The summed E-state index contributed by atoms with van der Waals surface area (Å²) < 4.78 is 0. The largest absolute Gasteiger partial charge is 0.298 e. The lowest BCUT2D eigenvalue weighted by Crippen LogP contribution is -1.85. The summed E-state index contributed by atoms with van der Waals surface area (Å²) in [6, 6.07) is 9.65. The normalized spacial score (nSPS) is 10.1. The van der Waals surface area contributed by atoms with Crippen LogP contribution in [-0.2, 0) is 0 Å². The van der Waals surface area contributed by atoms with Crippen molar-refractivity contribution in [3.05, 3.63) is 41.6 Å². The van der Waals surface area contributed by atoms with Crippen molar-refractivity contribution in [2.75, 3.05) is 0 Å². The van der Waals surface area contributed by atoms with Gasteiger partial charge in [-0.3, -0.25) is 9.89 Å². The maximum Gasteiger partial charge on any atom is 0.154 e. The van der Waals surface area contributed by atoms with E-state index in [9.17, 15) is 4.79 Å². The molecular weight excluding hydrogens is 176 g/mol. The minimum absolute atomic E-state index is 0.635. The minimum atomic E-state index is 0.635. The summed E-state index contributed by atoms with van der Waals surface area (Å²) in [5.74, 6) is 0. The van der Waals surface area contributed by atoms with Crippen LogP contribution in [0.15, 0.2) is 30.3 Å². The highest BCUT2D eigenvalue weighted by Gasteiger charge is 2.10.